The molecule has 0 radical (unpaired) electrons. The smallest absolute Gasteiger partial charge is 0.185 e. The number of halogens is 1. The molecule has 4 aromatic carbocycles. The first-order valence-corrected chi connectivity index (χ1v) is 11.7. The summed E-state index contributed by atoms with van der Waals surface area (Å²) in [6.45, 7) is 0. The van der Waals surface area contributed by atoms with Gasteiger partial charge in [-0.25, -0.2) is 4.39 Å². The highest BCUT2D eigenvalue weighted by Gasteiger charge is 2.63. The number of fused-ring (bicyclic) bond motifs is 5. The van der Waals surface area contributed by atoms with Gasteiger partial charge in [0.2, 0.25) is 0 Å². The number of carbonyl (C=O) groups excluding carboxylic acids is 1. The van der Waals surface area contributed by atoms with Crippen LogP contribution in [0.5, 0.6) is 0 Å². The molecular weight excluding hydrogens is 449 g/mol. The van der Waals surface area contributed by atoms with E-state index in [4.69, 9.17) is 0 Å². The first-order chi connectivity index (χ1) is 17.6. The molecule has 4 aromatic rings. The molecule has 0 aliphatic carbocycles. The Hall–Kier alpha value is -4.74. The van der Waals surface area contributed by atoms with E-state index in [0.717, 1.165) is 22.0 Å². The Kier molecular flexibility index (Phi) is 4.95. The van der Waals surface area contributed by atoms with Crippen LogP contribution in [-0.2, 0) is 0 Å². The van der Waals surface area contributed by atoms with Crippen LogP contribution in [0.1, 0.15) is 27.4 Å². The minimum Gasteiger partial charge on any atom is -0.351 e. The Balaban J connectivity index is 1.67. The lowest BCUT2D eigenvalue weighted by Gasteiger charge is -2.36. The van der Waals surface area contributed by atoms with Crippen LogP contribution >= 0.6 is 0 Å². The van der Waals surface area contributed by atoms with Gasteiger partial charge in [-0.3, -0.25) is 4.79 Å². The lowest BCUT2D eigenvalue weighted by molar-refractivity contribution is 0.0950. The van der Waals surface area contributed by atoms with Gasteiger partial charge in [0.25, 0.3) is 0 Å². The van der Waals surface area contributed by atoms with Crippen molar-refractivity contribution in [2.45, 2.75) is 18.0 Å². The predicted octanol–water partition coefficient (Wildman–Crippen LogP) is 6.26. The largest absolute Gasteiger partial charge is 0.351 e. The van der Waals surface area contributed by atoms with Crippen molar-refractivity contribution in [3.8, 4) is 12.1 Å². The highest BCUT2D eigenvalue weighted by molar-refractivity contribution is 6.06. The van der Waals surface area contributed by atoms with Crippen LogP contribution in [0.15, 0.2) is 97.1 Å². The van der Waals surface area contributed by atoms with Gasteiger partial charge < -0.3 is 4.90 Å². The topological polar surface area (TPSA) is 67.9 Å². The highest BCUT2D eigenvalue weighted by Crippen LogP contribution is 2.56. The Bertz CT molecular complexity index is 1620. The second-order valence-electron chi connectivity index (χ2n) is 9.20. The molecule has 2 heterocycles. The number of nitriles is 2. The van der Waals surface area contributed by atoms with E-state index < -0.39 is 29.2 Å². The molecule has 3 atom stereocenters. The third kappa shape index (κ3) is 2.93. The summed E-state index contributed by atoms with van der Waals surface area (Å²) < 4.78 is 15.3. The zero-order valence-corrected chi connectivity index (χ0v) is 19.2. The van der Waals surface area contributed by atoms with Gasteiger partial charge in [0.1, 0.15) is 11.9 Å². The van der Waals surface area contributed by atoms with Crippen molar-refractivity contribution in [3.05, 3.63) is 120 Å². The van der Waals surface area contributed by atoms with E-state index in [9.17, 15) is 15.3 Å². The van der Waals surface area contributed by atoms with Gasteiger partial charge in [-0.1, -0.05) is 91.0 Å². The maximum atomic E-state index is 15.3. The van der Waals surface area contributed by atoms with Gasteiger partial charge in [0, 0.05) is 22.7 Å². The molecule has 0 unspecified atom stereocenters. The molecule has 172 valence electrons. The Labute approximate surface area is 208 Å². The maximum absolute atomic E-state index is 15.3. The average Bonchev–Trinajstić information content (AvgIpc) is 3.24. The third-order valence-corrected chi connectivity index (χ3v) is 7.48. The van der Waals surface area contributed by atoms with Crippen molar-refractivity contribution in [3.63, 3.8) is 0 Å². The Morgan fingerprint density at radius 2 is 1.56 bits per heavy atom. The van der Waals surface area contributed by atoms with Gasteiger partial charge in [0.05, 0.1) is 18.2 Å². The normalized spacial score (nSPS) is 21.3. The van der Waals surface area contributed by atoms with E-state index in [2.05, 4.69) is 12.1 Å². The van der Waals surface area contributed by atoms with Crippen LogP contribution in [0.4, 0.5) is 10.1 Å². The zero-order chi connectivity index (χ0) is 24.9. The van der Waals surface area contributed by atoms with Crippen LogP contribution in [0.3, 0.4) is 0 Å². The molecule has 5 heteroatoms. The monoisotopic (exact) mass is 469 g/mol. The van der Waals surface area contributed by atoms with E-state index in [0.29, 0.717) is 5.56 Å². The fourth-order valence-corrected chi connectivity index (χ4v) is 5.89. The highest BCUT2D eigenvalue weighted by atomic mass is 19.1. The van der Waals surface area contributed by atoms with Gasteiger partial charge in [-0.2, -0.15) is 10.5 Å². The van der Waals surface area contributed by atoms with Crippen LogP contribution < -0.4 is 4.90 Å². The van der Waals surface area contributed by atoms with E-state index in [1.807, 2.05) is 59.5 Å². The number of ketones is 1. The SMILES string of the molecule is N#CC1(C#N)[C@@H](c2ccccc2F)[C@H](C(=O)c2ccccc2)N2c3ccc4ccccc4c3C=C[C@@H]21. The van der Waals surface area contributed by atoms with Crippen LogP contribution in [0, 0.1) is 33.9 Å². The number of hydrogen-bond donors (Lipinski definition) is 0. The fourth-order valence-electron chi connectivity index (χ4n) is 5.89. The summed E-state index contributed by atoms with van der Waals surface area (Å²) in [5, 5.41) is 23.0. The van der Waals surface area contributed by atoms with Crippen molar-refractivity contribution in [1.82, 2.24) is 0 Å². The maximum Gasteiger partial charge on any atom is 0.185 e. The number of carbonyl (C=O) groups is 1. The molecule has 2 aliphatic rings. The fraction of sp³-hybridized carbons (Fsp3) is 0.129. The second-order valence-corrected chi connectivity index (χ2v) is 9.20. The minimum absolute atomic E-state index is 0.194. The summed E-state index contributed by atoms with van der Waals surface area (Å²) in [6.07, 6.45) is 3.75. The molecule has 1 saturated heterocycles. The number of benzene rings is 4. The average molecular weight is 470 g/mol. The van der Waals surface area contributed by atoms with E-state index >= 15 is 4.39 Å². The van der Waals surface area contributed by atoms with Gasteiger partial charge in [-0.15, -0.1) is 0 Å². The number of Topliss-reactive ketones (excluding diaryl/α,β-unsaturated/α-hetero) is 1. The first-order valence-electron chi connectivity index (χ1n) is 11.7. The summed E-state index contributed by atoms with van der Waals surface area (Å²) in [7, 11) is 0. The molecule has 1 fully saturated rings. The van der Waals surface area contributed by atoms with Crippen molar-refractivity contribution < 1.29 is 9.18 Å². The van der Waals surface area contributed by atoms with Gasteiger partial charge in [-0.05, 0) is 28.5 Å². The Morgan fingerprint density at radius 3 is 2.31 bits per heavy atom. The van der Waals surface area contributed by atoms with Crippen molar-refractivity contribution in [2.24, 2.45) is 5.41 Å². The standard InChI is InChI=1S/C31H20FN3O/c32-25-13-7-6-12-24(25)28-29(30(36)21-9-2-1-3-10-21)35-26-16-14-20-8-4-5-11-22(20)23(26)15-17-27(35)31(28,18-33)19-34/h1-17,27-29H/t27-,28+,29-/m1/s1. The van der Waals surface area contributed by atoms with Crippen molar-refractivity contribution in [2.75, 3.05) is 4.90 Å². The summed E-state index contributed by atoms with van der Waals surface area (Å²) in [5.74, 6) is -1.80. The number of rotatable bonds is 3. The second kappa shape index (κ2) is 8.18. The number of anilines is 1. The third-order valence-electron chi connectivity index (χ3n) is 7.48. The lowest BCUT2D eigenvalue weighted by atomic mass is 9.69. The van der Waals surface area contributed by atoms with Gasteiger partial charge in [0.15, 0.2) is 11.2 Å². The molecule has 0 N–H and O–H groups in total. The number of nitrogens with zero attached hydrogens (tertiary/aromatic N) is 3. The lowest BCUT2D eigenvalue weighted by Crippen LogP contribution is -2.44. The molecule has 0 saturated carbocycles. The molecule has 4 nitrogen and oxygen atoms in total. The molecule has 0 amide bonds. The van der Waals surface area contributed by atoms with E-state index in [1.165, 1.54) is 6.07 Å². The number of hydrogen-bond acceptors (Lipinski definition) is 4. The summed E-state index contributed by atoms with van der Waals surface area (Å²) >= 11 is 0. The van der Waals surface area contributed by atoms with E-state index in [1.54, 1.807) is 42.5 Å². The van der Waals surface area contributed by atoms with Gasteiger partial charge >= 0.3 is 0 Å². The van der Waals surface area contributed by atoms with Crippen molar-refractivity contribution in [1.29, 1.82) is 10.5 Å². The molecule has 0 spiro atoms. The summed E-state index contributed by atoms with van der Waals surface area (Å²) in [6, 6.07) is 29.6. The first kappa shape index (κ1) is 21.8. The molecule has 0 aromatic heterocycles. The molecular formula is C31H20FN3O. The molecule has 0 bridgehead atoms. The van der Waals surface area contributed by atoms with Crippen LogP contribution in [0.25, 0.3) is 16.8 Å². The zero-order valence-electron chi connectivity index (χ0n) is 19.2. The minimum atomic E-state index is -1.68. The van der Waals surface area contributed by atoms with Crippen molar-refractivity contribution >= 4 is 28.3 Å². The molecule has 36 heavy (non-hydrogen) atoms. The quantitative estimate of drug-likeness (QED) is 0.332. The van der Waals surface area contributed by atoms with Crippen LogP contribution in [-0.4, -0.2) is 17.9 Å². The molecule has 6 rings (SSSR count). The van der Waals surface area contributed by atoms with E-state index in [-0.39, 0.29) is 11.3 Å². The summed E-state index contributed by atoms with van der Waals surface area (Å²) in [5.41, 5.74) is 0.626. The molecule has 2 aliphatic heterocycles. The summed E-state index contributed by atoms with van der Waals surface area (Å²) in [4.78, 5) is 16.1. The predicted molar refractivity (Wildman–Crippen MR) is 137 cm³/mol. The Morgan fingerprint density at radius 1 is 0.861 bits per heavy atom. The van der Waals surface area contributed by atoms with Crippen LogP contribution in [0.2, 0.25) is 0 Å².